The molecule has 18 nitrogen and oxygen atoms in total. The van der Waals surface area contributed by atoms with E-state index >= 15 is 0 Å². The van der Waals surface area contributed by atoms with Crippen molar-refractivity contribution >= 4 is 46.4 Å². The first-order valence-electron chi connectivity index (χ1n) is 20.1. The third-order valence-electron chi connectivity index (χ3n) is 12.3. The first-order valence-corrected chi connectivity index (χ1v) is 20.5. The lowest BCUT2D eigenvalue weighted by molar-refractivity contribution is -0.265. The van der Waals surface area contributed by atoms with E-state index in [0.29, 0.717) is 19.7 Å². The molecule has 1 amide bonds. The summed E-state index contributed by atoms with van der Waals surface area (Å²) in [6.07, 6.45) is -3.77. The molecule has 7 atom stereocenters. The first-order chi connectivity index (χ1) is 30.1. The minimum atomic E-state index is -2.29. The van der Waals surface area contributed by atoms with E-state index in [9.17, 15) is 49.5 Å². The molecule has 2 saturated heterocycles. The highest BCUT2D eigenvalue weighted by atomic mass is 35.5. The van der Waals surface area contributed by atoms with Crippen LogP contribution in [0.4, 0.5) is 0 Å². The van der Waals surface area contributed by atoms with Gasteiger partial charge in [-0.25, -0.2) is 5.43 Å². The number of carbonyl (C=O) groups is 5. The fourth-order valence-electron chi connectivity index (χ4n) is 9.20. The summed E-state index contributed by atoms with van der Waals surface area (Å²) in [5, 5.41) is 62.8. The van der Waals surface area contributed by atoms with Gasteiger partial charge < -0.3 is 49.2 Å². The van der Waals surface area contributed by atoms with E-state index in [2.05, 4.69) is 10.5 Å². The maximum absolute atomic E-state index is 14.2. The summed E-state index contributed by atoms with van der Waals surface area (Å²) < 4.78 is 29.1. The number of fused-ring (bicyclic) bond motifs is 3. The summed E-state index contributed by atoms with van der Waals surface area (Å²) in [5.41, 5.74) is -2.06. The zero-order chi connectivity index (χ0) is 45.1. The number of phenolic OH excluding ortho intramolecular Hbond substituents is 2. The maximum atomic E-state index is 14.2. The molecule has 8 rings (SSSR count). The molecule has 0 spiro atoms. The zero-order valence-corrected chi connectivity index (χ0v) is 35.0. The average molecular weight is 890 g/mol. The number of allylic oxidation sites excluding steroid dienone is 2. The number of nitrogens with zero attached hydrogens (tertiary/aromatic N) is 2. The second-order valence-corrected chi connectivity index (χ2v) is 16.5. The molecule has 63 heavy (non-hydrogen) atoms. The Hall–Kier alpha value is -5.41. The minimum absolute atomic E-state index is 0.0351. The van der Waals surface area contributed by atoms with Crippen molar-refractivity contribution < 1.29 is 73.2 Å². The molecule has 5 aliphatic rings. The number of amides is 1. The molecule has 3 aromatic carbocycles. The molecule has 0 aromatic heterocycles. The monoisotopic (exact) mass is 889 g/mol. The number of halogens is 1. The maximum Gasteiger partial charge on any atom is 0.271 e. The molecule has 2 heterocycles. The number of aromatic hydroxyl groups is 2. The summed E-state index contributed by atoms with van der Waals surface area (Å²) in [5.74, 6) is -6.11. The van der Waals surface area contributed by atoms with E-state index in [1.807, 2.05) is 4.90 Å². The number of nitrogens with one attached hydrogen (secondary N) is 1. The van der Waals surface area contributed by atoms with Crippen LogP contribution < -0.4 is 10.2 Å². The van der Waals surface area contributed by atoms with Gasteiger partial charge in [0.25, 0.3) is 5.91 Å². The zero-order valence-electron chi connectivity index (χ0n) is 34.2. The van der Waals surface area contributed by atoms with Gasteiger partial charge in [-0.1, -0.05) is 23.7 Å². The number of methoxy groups -OCH3 is 2. The van der Waals surface area contributed by atoms with Crippen LogP contribution in [0.5, 0.6) is 17.2 Å². The lowest BCUT2D eigenvalue weighted by Gasteiger charge is -2.47. The van der Waals surface area contributed by atoms with Crippen LogP contribution in [-0.2, 0) is 35.0 Å². The summed E-state index contributed by atoms with van der Waals surface area (Å²) in [6, 6.07) is 7.71. The standard InChI is InChI=1S/C44H44ClN3O15/c1-19-38(52)25(48-9-10-61-32(17-48)60-3)14-31(62-19)63-29-16-44(58,30(18-49)46-47-43(57)21-11-20(12-22(45)13-21)33-26(50)7-8-27(33)51)15-24-35(29)42(56)37-36(40(24)54)39(53)23-5-4-6-28(59-2)34(23)41(37)55/h4-8,11-13,19,25,29,31-33,38,49,52,54,56,58H,9-10,14-18H2,1-3H3,(H,47,57)/b46-30+/t19-,25?,29-,31-,32-,38+,44-/m0/s1. The predicted octanol–water partition coefficient (Wildman–Crippen LogP) is 2.01. The van der Waals surface area contributed by atoms with Crippen LogP contribution in [0.1, 0.15) is 90.7 Å². The topological polar surface area (TPSA) is 260 Å². The Morgan fingerprint density at radius 3 is 2.44 bits per heavy atom. The van der Waals surface area contributed by atoms with Crippen molar-refractivity contribution in [2.24, 2.45) is 5.10 Å². The number of hydrogen-bond acceptors (Lipinski definition) is 17. The van der Waals surface area contributed by atoms with Crippen LogP contribution >= 0.6 is 11.6 Å². The molecular weight excluding hydrogens is 846 g/mol. The van der Waals surface area contributed by atoms with Gasteiger partial charge in [0, 0.05) is 72.8 Å². The van der Waals surface area contributed by atoms with E-state index in [4.69, 9.17) is 35.3 Å². The fraction of sp³-hybridized carbons (Fsp3) is 0.409. The smallest absolute Gasteiger partial charge is 0.271 e. The Morgan fingerprint density at radius 1 is 1.02 bits per heavy atom. The molecule has 0 saturated carbocycles. The van der Waals surface area contributed by atoms with Gasteiger partial charge in [-0.3, -0.25) is 28.9 Å². The normalized spacial score (nSPS) is 27.6. The predicted molar refractivity (Wildman–Crippen MR) is 219 cm³/mol. The van der Waals surface area contributed by atoms with Crippen LogP contribution in [0.2, 0.25) is 5.02 Å². The highest BCUT2D eigenvalue weighted by Gasteiger charge is 2.50. The Kier molecular flexibility index (Phi) is 12.1. The molecule has 3 aliphatic carbocycles. The van der Waals surface area contributed by atoms with Gasteiger partial charge in [-0.15, -0.1) is 0 Å². The Bertz CT molecular complexity index is 2470. The van der Waals surface area contributed by atoms with Crippen molar-refractivity contribution in [1.29, 1.82) is 0 Å². The van der Waals surface area contributed by atoms with E-state index < -0.39 is 125 Å². The van der Waals surface area contributed by atoms with Gasteiger partial charge in [0.1, 0.15) is 28.8 Å². The number of carbonyl (C=O) groups excluding carboxylic acids is 5. The number of morpholine rings is 1. The number of benzene rings is 3. The van der Waals surface area contributed by atoms with Gasteiger partial charge in [0.2, 0.25) is 5.78 Å². The van der Waals surface area contributed by atoms with Crippen molar-refractivity contribution in [3.05, 3.63) is 98.1 Å². The number of ether oxygens (including phenoxy) is 5. The Morgan fingerprint density at radius 2 is 1.75 bits per heavy atom. The number of aliphatic hydroxyl groups is 3. The lowest BCUT2D eigenvalue weighted by Crippen LogP contribution is -2.59. The number of rotatable bonds is 10. The highest BCUT2D eigenvalue weighted by molar-refractivity contribution is 6.32. The minimum Gasteiger partial charge on any atom is -0.507 e. The summed E-state index contributed by atoms with van der Waals surface area (Å²) >= 11 is 6.28. The van der Waals surface area contributed by atoms with Crippen molar-refractivity contribution in [2.45, 2.75) is 74.6 Å². The van der Waals surface area contributed by atoms with Crippen LogP contribution in [-0.4, -0.2) is 142 Å². The largest absolute Gasteiger partial charge is 0.507 e. The first kappa shape index (κ1) is 44.2. The second kappa shape index (κ2) is 17.3. The van der Waals surface area contributed by atoms with Gasteiger partial charge in [0.05, 0.1) is 61.0 Å². The van der Waals surface area contributed by atoms with E-state index in [1.54, 1.807) is 6.92 Å². The van der Waals surface area contributed by atoms with Gasteiger partial charge in [0.15, 0.2) is 29.9 Å². The molecule has 2 fully saturated rings. The van der Waals surface area contributed by atoms with Gasteiger partial charge in [-0.05, 0) is 48.9 Å². The van der Waals surface area contributed by atoms with Crippen LogP contribution in [0, 0.1) is 0 Å². The molecule has 2 aliphatic heterocycles. The Labute approximate surface area is 364 Å². The number of hydrazone groups is 1. The number of ketones is 4. The van der Waals surface area contributed by atoms with Crippen LogP contribution in [0.15, 0.2) is 53.7 Å². The van der Waals surface area contributed by atoms with Gasteiger partial charge >= 0.3 is 0 Å². The van der Waals surface area contributed by atoms with Crippen LogP contribution in [0.25, 0.3) is 0 Å². The quantitative estimate of drug-likeness (QED) is 0.0576. The van der Waals surface area contributed by atoms with E-state index in [0.717, 1.165) is 12.2 Å². The van der Waals surface area contributed by atoms with Crippen molar-refractivity contribution in [3.8, 4) is 17.2 Å². The lowest BCUT2D eigenvalue weighted by atomic mass is 9.71. The molecule has 3 aromatic rings. The fourth-order valence-corrected chi connectivity index (χ4v) is 9.44. The SMILES string of the molecule is COc1cccc2c1C(=O)c1c(O)c3c(c(O)c1C2=O)C[C@@](O)(/C(CO)=N/NC(=O)c1cc(Cl)cc(C2C(=O)C=CC2=O)c1)C[C@@H]3O[C@H]1CC(N2CCO[C@H](OC)C2)[C@H](O)[C@H](C)O1. The number of aliphatic hydroxyl groups excluding tert-OH is 2. The third-order valence-corrected chi connectivity index (χ3v) is 12.6. The molecule has 19 heteroatoms. The van der Waals surface area contributed by atoms with Crippen molar-refractivity contribution in [2.75, 3.05) is 40.5 Å². The summed E-state index contributed by atoms with van der Waals surface area (Å²) in [4.78, 5) is 68.7. The summed E-state index contributed by atoms with van der Waals surface area (Å²) in [7, 11) is 2.81. The Balaban J connectivity index is 1.18. The second-order valence-electron chi connectivity index (χ2n) is 16.0. The van der Waals surface area contributed by atoms with E-state index in [1.165, 1.54) is 50.6 Å². The number of phenols is 2. The average Bonchev–Trinajstić information content (AvgIpc) is 3.61. The molecule has 0 radical (unpaired) electrons. The summed E-state index contributed by atoms with van der Waals surface area (Å²) in [6.45, 7) is 1.76. The van der Waals surface area contributed by atoms with Crippen molar-refractivity contribution in [1.82, 2.24) is 10.3 Å². The molecule has 0 bridgehead atoms. The number of hydrogen-bond donors (Lipinski definition) is 6. The molecule has 332 valence electrons. The molecular formula is C44H44ClN3O15. The molecule has 6 N–H and O–H groups in total. The van der Waals surface area contributed by atoms with Crippen molar-refractivity contribution in [3.63, 3.8) is 0 Å². The van der Waals surface area contributed by atoms with Gasteiger partial charge in [-0.2, -0.15) is 5.10 Å². The highest BCUT2D eigenvalue weighted by Crippen LogP contribution is 2.53. The van der Waals surface area contributed by atoms with Crippen LogP contribution in [0.3, 0.4) is 0 Å². The third kappa shape index (κ3) is 7.85. The molecule has 1 unspecified atom stereocenters. The van der Waals surface area contributed by atoms with E-state index in [-0.39, 0.29) is 50.6 Å².